The third-order valence-corrected chi connectivity index (χ3v) is 5.19. The number of nitrogens with zero attached hydrogens (tertiary/aromatic N) is 4. The summed E-state index contributed by atoms with van der Waals surface area (Å²) < 4.78 is 21.4. The van der Waals surface area contributed by atoms with Crippen LogP contribution < -0.4 is 14.4 Å². The molecule has 158 valence electrons. The van der Waals surface area contributed by atoms with Crippen molar-refractivity contribution < 1.29 is 23.2 Å². The fourth-order valence-corrected chi connectivity index (χ4v) is 3.61. The monoisotopic (exact) mass is 421 g/mol. The van der Waals surface area contributed by atoms with Crippen LogP contribution in [0.4, 0.5) is 5.69 Å². The van der Waals surface area contributed by atoms with E-state index in [1.165, 1.54) is 0 Å². The zero-order valence-corrected chi connectivity index (χ0v) is 16.9. The van der Waals surface area contributed by atoms with E-state index in [1.54, 1.807) is 49.6 Å². The number of nitrogens with one attached hydrogen (secondary N) is 1. The average molecular weight is 421 g/mol. The Hall–Kier alpha value is -4.08. The molecule has 0 bridgehead atoms. The molecule has 0 spiro atoms. The lowest BCUT2D eigenvalue weighted by Crippen LogP contribution is -2.24. The number of hydrogen-bond donors (Lipinski definition) is 1. The standard InChI is InChI=1S/C21H19N5O5/c1-28-17-6-5-13(9-18(17)29-2)26-11-12(8-19(26)27)20-22-21(31-25-20)15-10-14(23-24-15)16-4-3-7-30-16/h3-7,9-10,12H,8,11H2,1-2H3,(H,23,24). The Morgan fingerprint density at radius 1 is 1.16 bits per heavy atom. The summed E-state index contributed by atoms with van der Waals surface area (Å²) in [5.74, 6) is 2.36. The van der Waals surface area contributed by atoms with Crippen molar-refractivity contribution in [3.63, 3.8) is 0 Å². The van der Waals surface area contributed by atoms with E-state index < -0.39 is 0 Å². The van der Waals surface area contributed by atoms with Gasteiger partial charge in [-0.15, -0.1) is 0 Å². The highest BCUT2D eigenvalue weighted by molar-refractivity contribution is 5.96. The van der Waals surface area contributed by atoms with Gasteiger partial charge in [-0.2, -0.15) is 10.1 Å². The highest BCUT2D eigenvalue weighted by Crippen LogP contribution is 2.36. The SMILES string of the molecule is COc1ccc(N2CC(c3noc(-c4cc(-c5ccco5)n[nH]4)n3)CC2=O)cc1OC. The Balaban J connectivity index is 1.35. The summed E-state index contributed by atoms with van der Waals surface area (Å²) in [5, 5.41) is 11.2. The molecule has 3 aromatic heterocycles. The summed E-state index contributed by atoms with van der Waals surface area (Å²) in [7, 11) is 3.13. The van der Waals surface area contributed by atoms with Crippen LogP contribution in [0.3, 0.4) is 0 Å². The Labute approximate surface area is 176 Å². The van der Waals surface area contributed by atoms with Crippen LogP contribution in [-0.4, -0.2) is 47.0 Å². The van der Waals surface area contributed by atoms with Crippen LogP contribution in [0.1, 0.15) is 18.2 Å². The van der Waals surface area contributed by atoms with Crippen LogP contribution in [0.15, 0.2) is 51.6 Å². The van der Waals surface area contributed by atoms with Gasteiger partial charge in [-0.1, -0.05) is 5.16 Å². The fraction of sp³-hybridized carbons (Fsp3) is 0.238. The highest BCUT2D eigenvalue weighted by atomic mass is 16.5. The number of aromatic amines is 1. The van der Waals surface area contributed by atoms with E-state index in [9.17, 15) is 4.79 Å². The smallest absolute Gasteiger partial charge is 0.275 e. The third-order valence-electron chi connectivity index (χ3n) is 5.19. The molecule has 0 radical (unpaired) electrons. The number of methoxy groups -OCH3 is 2. The molecule has 1 unspecified atom stereocenters. The van der Waals surface area contributed by atoms with Crippen molar-refractivity contribution in [2.45, 2.75) is 12.3 Å². The second-order valence-corrected chi connectivity index (χ2v) is 7.05. The van der Waals surface area contributed by atoms with Crippen LogP contribution in [-0.2, 0) is 4.79 Å². The minimum atomic E-state index is -0.189. The van der Waals surface area contributed by atoms with Crippen molar-refractivity contribution in [1.29, 1.82) is 0 Å². The van der Waals surface area contributed by atoms with E-state index in [4.69, 9.17) is 18.4 Å². The van der Waals surface area contributed by atoms with Gasteiger partial charge in [0.05, 0.1) is 20.5 Å². The van der Waals surface area contributed by atoms with Crippen molar-refractivity contribution in [3.8, 4) is 34.5 Å². The van der Waals surface area contributed by atoms with Crippen LogP contribution in [0.5, 0.6) is 11.5 Å². The molecule has 1 aliphatic heterocycles. The first-order valence-corrected chi connectivity index (χ1v) is 9.62. The summed E-state index contributed by atoms with van der Waals surface area (Å²) in [5.41, 5.74) is 1.94. The predicted molar refractivity (Wildman–Crippen MR) is 109 cm³/mol. The van der Waals surface area contributed by atoms with Gasteiger partial charge in [-0.3, -0.25) is 9.89 Å². The van der Waals surface area contributed by atoms with E-state index >= 15 is 0 Å². The van der Waals surface area contributed by atoms with Gasteiger partial charge in [0.15, 0.2) is 23.1 Å². The first-order chi connectivity index (χ1) is 15.2. The van der Waals surface area contributed by atoms with Gasteiger partial charge in [0.2, 0.25) is 5.91 Å². The van der Waals surface area contributed by atoms with Gasteiger partial charge in [-0.25, -0.2) is 0 Å². The lowest BCUT2D eigenvalue weighted by Gasteiger charge is -2.18. The molecule has 4 aromatic rings. The maximum atomic E-state index is 12.7. The maximum Gasteiger partial charge on any atom is 0.275 e. The average Bonchev–Trinajstić information content (AvgIpc) is 3.58. The number of aromatic nitrogens is 4. The number of furan rings is 1. The van der Waals surface area contributed by atoms with Crippen molar-refractivity contribution in [1.82, 2.24) is 20.3 Å². The summed E-state index contributed by atoms with van der Waals surface area (Å²) in [6.07, 6.45) is 1.86. The molecule has 4 heterocycles. The molecule has 0 aliphatic carbocycles. The van der Waals surface area contributed by atoms with Gasteiger partial charge in [0, 0.05) is 36.7 Å². The van der Waals surface area contributed by atoms with Crippen LogP contribution >= 0.6 is 0 Å². The zero-order valence-electron chi connectivity index (χ0n) is 16.9. The number of carbonyl (C=O) groups excluding carboxylic acids is 1. The van der Waals surface area contributed by atoms with Crippen LogP contribution in [0.25, 0.3) is 23.0 Å². The molecule has 1 aromatic carbocycles. The molecule has 10 nitrogen and oxygen atoms in total. The molecular formula is C21H19N5O5. The molecule has 10 heteroatoms. The molecular weight excluding hydrogens is 402 g/mol. The lowest BCUT2D eigenvalue weighted by atomic mass is 10.1. The second kappa shape index (κ2) is 7.63. The Bertz CT molecular complexity index is 1210. The van der Waals surface area contributed by atoms with E-state index in [-0.39, 0.29) is 18.2 Å². The summed E-state index contributed by atoms with van der Waals surface area (Å²) >= 11 is 0. The van der Waals surface area contributed by atoms with E-state index in [0.717, 1.165) is 5.69 Å². The fourth-order valence-electron chi connectivity index (χ4n) is 3.61. The van der Waals surface area contributed by atoms with Gasteiger partial charge in [-0.05, 0) is 24.3 Å². The van der Waals surface area contributed by atoms with Crippen molar-refractivity contribution in [3.05, 3.63) is 48.5 Å². The summed E-state index contributed by atoms with van der Waals surface area (Å²) in [6.45, 7) is 0.438. The molecule has 1 fully saturated rings. The highest BCUT2D eigenvalue weighted by Gasteiger charge is 2.35. The van der Waals surface area contributed by atoms with Gasteiger partial charge in [0.1, 0.15) is 11.4 Å². The Morgan fingerprint density at radius 2 is 2.03 bits per heavy atom. The van der Waals surface area contributed by atoms with Gasteiger partial charge >= 0.3 is 0 Å². The number of benzene rings is 1. The molecule has 1 aliphatic rings. The number of H-pyrrole nitrogens is 1. The van der Waals surface area contributed by atoms with Crippen molar-refractivity contribution in [2.75, 3.05) is 25.7 Å². The zero-order chi connectivity index (χ0) is 21.4. The normalized spacial score (nSPS) is 16.1. The topological polar surface area (TPSA) is 120 Å². The first kappa shape index (κ1) is 18.9. The minimum absolute atomic E-state index is 0.0229. The quantitative estimate of drug-likeness (QED) is 0.504. The van der Waals surface area contributed by atoms with Gasteiger partial charge in [0.25, 0.3) is 5.89 Å². The van der Waals surface area contributed by atoms with E-state index in [2.05, 4.69) is 20.3 Å². The molecule has 1 amide bonds. The predicted octanol–water partition coefficient (Wildman–Crippen LogP) is 3.26. The number of rotatable bonds is 6. The number of ether oxygens (including phenoxy) is 2. The van der Waals surface area contributed by atoms with Crippen molar-refractivity contribution in [2.24, 2.45) is 0 Å². The third kappa shape index (κ3) is 3.41. The molecule has 1 N–H and O–H groups in total. The molecule has 1 atom stereocenters. The summed E-state index contributed by atoms with van der Waals surface area (Å²) in [4.78, 5) is 18.8. The first-order valence-electron chi connectivity index (χ1n) is 9.62. The van der Waals surface area contributed by atoms with E-state index in [1.807, 2.05) is 12.1 Å². The van der Waals surface area contributed by atoms with Crippen LogP contribution in [0.2, 0.25) is 0 Å². The molecule has 0 saturated carbocycles. The maximum absolute atomic E-state index is 12.7. The largest absolute Gasteiger partial charge is 0.493 e. The lowest BCUT2D eigenvalue weighted by molar-refractivity contribution is -0.117. The molecule has 5 rings (SSSR count). The Morgan fingerprint density at radius 3 is 2.81 bits per heavy atom. The second-order valence-electron chi connectivity index (χ2n) is 7.05. The molecule has 1 saturated heterocycles. The minimum Gasteiger partial charge on any atom is -0.493 e. The number of carbonyl (C=O) groups is 1. The molecule has 31 heavy (non-hydrogen) atoms. The number of anilines is 1. The summed E-state index contributed by atoms with van der Waals surface area (Å²) in [6, 6.07) is 10.7. The Kier molecular flexibility index (Phi) is 4.66. The van der Waals surface area contributed by atoms with Gasteiger partial charge < -0.3 is 23.3 Å². The number of amides is 1. The van der Waals surface area contributed by atoms with E-state index in [0.29, 0.717) is 46.9 Å². The van der Waals surface area contributed by atoms with Crippen molar-refractivity contribution >= 4 is 11.6 Å². The van der Waals surface area contributed by atoms with Crippen LogP contribution in [0, 0.1) is 0 Å². The number of hydrogen-bond acceptors (Lipinski definition) is 8.